The first kappa shape index (κ1) is 16.6. The van der Waals surface area contributed by atoms with E-state index in [2.05, 4.69) is 0 Å². The van der Waals surface area contributed by atoms with Gasteiger partial charge in [-0.15, -0.1) is 0 Å². The maximum Gasteiger partial charge on any atom is 0.335 e. The highest BCUT2D eigenvalue weighted by Gasteiger charge is 2.20. The lowest BCUT2D eigenvalue weighted by molar-refractivity contribution is -0.384. The van der Waals surface area contributed by atoms with Gasteiger partial charge in [-0.25, -0.2) is 4.79 Å². The molecular weight excluding hydrogens is 276 g/mol. The van der Waals surface area contributed by atoms with Crippen molar-refractivity contribution in [3.8, 4) is 0 Å². The van der Waals surface area contributed by atoms with Crippen molar-refractivity contribution >= 4 is 17.6 Å². The van der Waals surface area contributed by atoms with Crippen LogP contribution in [0, 0.1) is 10.1 Å². The molecule has 7 heteroatoms. The number of nitro benzene ring substituents is 1. The summed E-state index contributed by atoms with van der Waals surface area (Å²) in [7, 11) is 0. The maximum atomic E-state index is 12.3. The Balaban J connectivity index is 3.18. The van der Waals surface area contributed by atoms with Crippen LogP contribution in [0.25, 0.3) is 0 Å². The largest absolute Gasteiger partial charge is 0.478 e. The first-order valence-corrected chi connectivity index (χ1v) is 6.72. The van der Waals surface area contributed by atoms with E-state index in [0.717, 1.165) is 25.0 Å². The summed E-state index contributed by atoms with van der Waals surface area (Å²) in [6.07, 6.45) is 1.74. The number of non-ortho nitro benzene ring substituents is 1. The van der Waals surface area contributed by atoms with E-state index in [4.69, 9.17) is 5.11 Å². The predicted molar refractivity (Wildman–Crippen MR) is 76.5 cm³/mol. The Morgan fingerprint density at radius 2 is 1.86 bits per heavy atom. The molecule has 21 heavy (non-hydrogen) atoms. The monoisotopic (exact) mass is 294 g/mol. The molecule has 0 saturated heterocycles. The molecule has 0 aliphatic rings. The number of carbonyl (C=O) groups excluding carboxylic acids is 1. The average molecular weight is 294 g/mol. The number of nitro groups is 1. The molecule has 0 heterocycles. The summed E-state index contributed by atoms with van der Waals surface area (Å²) in [6.45, 7) is 4.80. The third-order valence-electron chi connectivity index (χ3n) is 3.07. The Bertz CT molecular complexity index is 524. The van der Waals surface area contributed by atoms with Crippen LogP contribution in [0.15, 0.2) is 18.2 Å². The van der Waals surface area contributed by atoms with Crippen LogP contribution in [0.4, 0.5) is 5.69 Å². The molecule has 7 nitrogen and oxygen atoms in total. The average Bonchev–Trinajstić information content (AvgIpc) is 2.47. The van der Waals surface area contributed by atoms with E-state index in [9.17, 15) is 19.7 Å². The molecule has 0 radical (unpaired) electrons. The van der Waals surface area contributed by atoms with Gasteiger partial charge in [-0.05, 0) is 19.4 Å². The van der Waals surface area contributed by atoms with E-state index in [1.807, 2.05) is 13.8 Å². The summed E-state index contributed by atoms with van der Waals surface area (Å²) in [5, 5.41) is 19.8. The molecule has 0 aliphatic heterocycles. The van der Waals surface area contributed by atoms with Gasteiger partial charge >= 0.3 is 5.97 Å². The minimum atomic E-state index is -1.30. The number of carbonyl (C=O) groups is 2. The highest BCUT2D eigenvalue weighted by molar-refractivity contribution is 5.98. The molecule has 1 aromatic carbocycles. The van der Waals surface area contributed by atoms with Crippen molar-refractivity contribution in [1.29, 1.82) is 0 Å². The van der Waals surface area contributed by atoms with E-state index in [-0.39, 0.29) is 11.1 Å². The number of amides is 1. The van der Waals surface area contributed by atoms with Crippen LogP contribution in [-0.2, 0) is 0 Å². The van der Waals surface area contributed by atoms with Crippen LogP contribution >= 0.6 is 0 Å². The first-order valence-electron chi connectivity index (χ1n) is 6.72. The lowest BCUT2D eigenvalue weighted by Crippen LogP contribution is -2.31. The second-order valence-electron chi connectivity index (χ2n) is 4.57. The second kappa shape index (κ2) is 7.37. The fourth-order valence-corrected chi connectivity index (χ4v) is 1.90. The van der Waals surface area contributed by atoms with Crippen LogP contribution in [0.2, 0.25) is 0 Å². The molecule has 1 amide bonds. The summed E-state index contributed by atoms with van der Waals surface area (Å²) < 4.78 is 0. The van der Waals surface area contributed by atoms with Crippen molar-refractivity contribution < 1.29 is 19.6 Å². The Morgan fingerprint density at radius 3 is 2.33 bits per heavy atom. The van der Waals surface area contributed by atoms with E-state index in [1.54, 1.807) is 4.90 Å². The molecule has 0 unspecified atom stereocenters. The van der Waals surface area contributed by atoms with Gasteiger partial charge in [0.1, 0.15) is 0 Å². The van der Waals surface area contributed by atoms with E-state index < -0.39 is 22.5 Å². The molecule has 0 fully saturated rings. The predicted octanol–water partition coefficient (Wildman–Crippen LogP) is 2.56. The van der Waals surface area contributed by atoms with Crippen LogP contribution in [0.3, 0.4) is 0 Å². The van der Waals surface area contributed by atoms with Gasteiger partial charge < -0.3 is 10.0 Å². The molecule has 0 atom stereocenters. The fraction of sp³-hybridized carbons (Fsp3) is 0.429. The first-order chi connectivity index (χ1) is 9.90. The highest BCUT2D eigenvalue weighted by Crippen LogP contribution is 2.19. The molecule has 0 aliphatic carbocycles. The standard InChI is InChI=1S/C14H18N2O5/c1-3-5-6-15(4-2)13(17)10-7-11(14(18)19)9-12(8-10)16(20)21/h7-9H,3-6H2,1-2H3,(H,18,19). The SMILES string of the molecule is CCCCN(CC)C(=O)c1cc(C(=O)O)cc([N+](=O)[O-])c1. The summed E-state index contributed by atoms with van der Waals surface area (Å²) in [5.41, 5.74) is -0.636. The third-order valence-corrected chi connectivity index (χ3v) is 3.07. The Kier molecular flexibility index (Phi) is 5.83. The molecule has 1 N–H and O–H groups in total. The van der Waals surface area contributed by atoms with Gasteiger partial charge in [-0.3, -0.25) is 14.9 Å². The number of carboxylic acid groups (broad SMARTS) is 1. The number of aromatic carboxylic acids is 1. The van der Waals surface area contributed by atoms with Crippen LogP contribution in [0.1, 0.15) is 47.4 Å². The van der Waals surface area contributed by atoms with Crippen molar-refractivity contribution in [3.05, 3.63) is 39.4 Å². The lowest BCUT2D eigenvalue weighted by atomic mass is 10.1. The minimum Gasteiger partial charge on any atom is -0.478 e. The van der Waals surface area contributed by atoms with Gasteiger partial charge in [0.15, 0.2) is 0 Å². The molecule has 1 rings (SSSR count). The fourth-order valence-electron chi connectivity index (χ4n) is 1.90. The van der Waals surface area contributed by atoms with Crippen molar-refractivity contribution in [2.24, 2.45) is 0 Å². The Hall–Kier alpha value is -2.44. The quantitative estimate of drug-likeness (QED) is 0.615. The molecule has 0 spiro atoms. The smallest absolute Gasteiger partial charge is 0.335 e. The van der Waals surface area contributed by atoms with Gasteiger partial charge in [-0.2, -0.15) is 0 Å². The molecular formula is C14H18N2O5. The highest BCUT2D eigenvalue weighted by atomic mass is 16.6. The number of carboxylic acids is 1. The van der Waals surface area contributed by atoms with Crippen LogP contribution in [-0.4, -0.2) is 39.9 Å². The summed E-state index contributed by atoms with van der Waals surface area (Å²) in [6, 6.07) is 3.23. The number of benzene rings is 1. The normalized spacial score (nSPS) is 10.2. The zero-order valence-corrected chi connectivity index (χ0v) is 12.0. The van der Waals surface area contributed by atoms with Gasteiger partial charge in [0.05, 0.1) is 10.5 Å². The van der Waals surface area contributed by atoms with Gasteiger partial charge in [0.25, 0.3) is 11.6 Å². The van der Waals surface area contributed by atoms with E-state index >= 15 is 0 Å². The number of hydrogen-bond donors (Lipinski definition) is 1. The summed E-state index contributed by atoms with van der Waals surface area (Å²) in [4.78, 5) is 35.1. The maximum absolute atomic E-state index is 12.3. The van der Waals surface area contributed by atoms with Crippen LogP contribution < -0.4 is 0 Å². The van der Waals surface area contributed by atoms with Gasteiger partial charge in [0, 0.05) is 30.8 Å². The number of rotatable bonds is 7. The topological polar surface area (TPSA) is 101 Å². The van der Waals surface area contributed by atoms with Crippen molar-refractivity contribution in [1.82, 2.24) is 4.90 Å². The zero-order valence-electron chi connectivity index (χ0n) is 12.0. The Morgan fingerprint density at radius 1 is 1.24 bits per heavy atom. The molecule has 0 bridgehead atoms. The van der Waals surface area contributed by atoms with Gasteiger partial charge in [-0.1, -0.05) is 13.3 Å². The molecule has 0 aromatic heterocycles. The zero-order chi connectivity index (χ0) is 16.0. The number of hydrogen-bond acceptors (Lipinski definition) is 4. The van der Waals surface area contributed by atoms with Crippen molar-refractivity contribution in [2.45, 2.75) is 26.7 Å². The van der Waals surface area contributed by atoms with Gasteiger partial charge in [0.2, 0.25) is 0 Å². The lowest BCUT2D eigenvalue weighted by Gasteiger charge is -2.20. The second-order valence-corrected chi connectivity index (χ2v) is 4.57. The van der Waals surface area contributed by atoms with Crippen molar-refractivity contribution in [3.63, 3.8) is 0 Å². The van der Waals surface area contributed by atoms with E-state index in [1.165, 1.54) is 6.07 Å². The molecule has 114 valence electrons. The minimum absolute atomic E-state index is 0.0274. The van der Waals surface area contributed by atoms with E-state index in [0.29, 0.717) is 13.1 Å². The summed E-state index contributed by atoms with van der Waals surface area (Å²) >= 11 is 0. The molecule has 0 saturated carbocycles. The van der Waals surface area contributed by atoms with Crippen molar-refractivity contribution in [2.75, 3.05) is 13.1 Å². The third kappa shape index (κ3) is 4.27. The summed E-state index contributed by atoms with van der Waals surface area (Å²) in [5.74, 6) is -1.69. The number of unbranched alkanes of at least 4 members (excludes halogenated alkanes) is 1. The number of nitrogens with zero attached hydrogens (tertiary/aromatic N) is 2. The Labute approximate surface area is 122 Å². The molecule has 1 aromatic rings. The van der Waals surface area contributed by atoms with Crippen LogP contribution in [0.5, 0.6) is 0 Å².